The Morgan fingerprint density at radius 1 is 1.21 bits per heavy atom. The molecule has 2 fully saturated rings. The lowest BCUT2D eigenvalue weighted by Crippen LogP contribution is -2.47. The van der Waals surface area contributed by atoms with Crippen molar-refractivity contribution in [3.8, 4) is 0 Å². The fraction of sp³-hybridized carbons (Fsp3) is 0.533. The molecule has 0 spiro atoms. The molecule has 19 heavy (non-hydrogen) atoms. The third-order valence-electron chi connectivity index (χ3n) is 4.01. The predicted molar refractivity (Wildman–Crippen MR) is 74.6 cm³/mol. The van der Waals surface area contributed by atoms with E-state index in [4.69, 9.17) is 4.74 Å². The fourth-order valence-corrected chi connectivity index (χ4v) is 2.73. The topological polar surface area (TPSA) is 32.8 Å². The van der Waals surface area contributed by atoms with Crippen molar-refractivity contribution in [1.82, 2.24) is 4.90 Å². The van der Waals surface area contributed by atoms with Crippen LogP contribution in [0.3, 0.4) is 0 Å². The van der Waals surface area contributed by atoms with Gasteiger partial charge in [0.05, 0.1) is 12.7 Å². The quantitative estimate of drug-likeness (QED) is 0.775. The smallest absolute Gasteiger partial charge is 0.337 e. The Bertz CT molecular complexity index is 463. The Kier molecular flexibility index (Phi) is 3.42. The van der Waals surface area contributed by atoms with Gasteiger partial charge in [0, 0.05) is 37.9 Å². The van der Waals surface area contributed by atoms with Gasteiger partial charge >= 0.3 is 5.97 Å². The highest BCUT2D eigenvalue weighted by molar-refractivity contribution is 5.90. The van der Waals surface area contributed by atoms with Gasteiger partial charge in [0.2, 0.25) is 0 Å². The zero-order chi connectivity index (χ0) is 13.2. The Morgan fingerprint density at radius 3 is 2.58 bits per heavy atom. The van der Waals surface area contributed by atoms with Gasteiger partial charge in [0.15, 0.2) is 0 Å². The van der Waals surface area contributed by atoms with Crippen LogP contribution >= 0.6 is 0 Å². The Hall–Kier alpha value is -1.55. The molecule has 1 aromatic rings. The number of benzene rings is 1. The average Bonchev–Trinajstić information content (AvgIpc) is 3.31. The molecule has 1 saturated carbocycles. The number of methoxy groups -OCH3 is 1. The fourth-order valence-electron chi connectivity index (χ4n) is 2.73. The van der Waals surface area contributed by atoms with Gasteiger partial charge in [-0.1, -0.05) is 6.07 Å². The normalized spacial score (nSPS) is 20.4. The van der Waals surface area contributed by atoms with Crippen molar-refractivity contribution in [3.63, 3.8) is 0 Å². The molecule has 4 nitrogen and oxygen atoms in total. The van der Waals surface area contributed by atoms with E-state index in [0.717, 1.165) is 37.9 Å². The van der Waals surface area contributed by atoms with Crippen molar-refractivity contribution in [2.45, 2.75) is 18.9 Å². The largest absolute Gasteiger partial charge is 0.465 e. The molecule has 0 amide bonds. The predicted octanol–water partition coefficient (Wildman–Crippen LogP) is 1.76. The SMILES string of the molecule is COC(=O)c1cccc(N2CCN(C3CC3)CC2)c1. The Balaban J connectivity index is 1.67. The van der Waals surface area contributed by atoms with E-state index in [0.29, 0.717) is 5.56 Å². The summed E-state index contributed by atoms with van der Waals surface area (Å²) in [6, 6.07) is 8.58. The number of carbonyl (C=O) groups is 1. The number of carbonyl (C=O) groups excluding carboxylic acids is 1. The van der Waals surface area contributed by atoms with Gasteiger partial charge in [0.25, 0.3) is 0 Å². The van der Waals surface area contributed by atoms with E-state index in [9.17, 15) is 4.79 Å². The van der Waals surface area contributed by atoms with E-state index >= 15 is 0 Å². The van der Waals surface area contributed by atoms with Crippen molar-refractivity contribution >= 4 is 11.7 Å². The highest BCUT2D eigenvalue weighted by Gasteiger charge is 2.31. The summed E-state index contributed by atoms with van der Waals surface area (Å²) in [4.78, 5) is 16.5. The number of piperazine rings is 1. The van der Waals surface area contributed by atoms with Gasteiger partial charge in [0.1, 0.15) is 0 Å². The maximum atomic E-state index is 11.5. The number of ether oxygens (including phenoxy) is 1. The molecule has 4 heteroatoms. The first-order chi connectivity index (χ1) is 9.28. The highest BCUT2D eigenvalue weighted by atomic mass is 16.5. The van der Waals surface area contributed by atoms with Crippen LogP contribution in [0.4, 0.5) is 5.69 Å². The van der Waals surface area contributed by atoms with Gasteiger partial charge in [-0.15, -0.1) is 0 Å². The van der Waals surface area contributed by atoms with Crippen LogP contribution in [0.2, 0.25) is 0 Å². The van der Waals surface area contributed by atoms with Gasteiger partial charge in [-0.3, -0.25) is 4.90 Å². The second-order valence-electron chi connectivity index (χ2n) is 5.30. The molecule has 1 saturated heterocycles. The van der Waals surface area contributed by atoms with Crippen molar-refractivity contribution in [2.24, 2.45) is 0 Å². The molecule has 2 aliphatic rings. The number of hydrogen-bond acceptors (Lipinski definition) is 4. The molecule has 1 aromatic carbocycles. The summed E-state index contributed by atoms with van der Waals surface area (Å²) in [7, 11) is 1.42. The summed E-state index contributed by atoms with van der Waals surface area (Å²) in [6.45, 7) is 4.35. The second kappa shape index (κ2) is 5.21. The number of anilines is 1. The minimum absolute atomic E-state index is 0.265. The molecule has 0 unspecified atom stereocenters. The maximum absolute atomic E-state index is 11.5. The molecule has 0 atom stereocenters. The molecule has 3 rings (SSSR count). The lowest BCUT2D eigenvalue weighted by atomic mass is 10.1. The summed E-state index contributed by atoms with van der Waals surface area (Å²) in [5, 5.41) is 0. The summed E-state index contributed by atoms with van der Waals surface area (Å²) in [5.74, 6) is -0.265. The zero-order valence-corrected chi connectivity index (χ0v) is 11.3. The third-order valence-corrected chi connectivity index (χ3v) is 4.01. The highest BCUT2D eigenvalue weighted by Crippen LogP contribution is 2.28. The van der Waals surface area contributed by atoms with Crippen LogP contribution in [0.15, 0.2) is 24.3 Å². The molecule has 102 valence electrons. The minimum Gasteiger partial charge on any atom is -0.465 e. The third kappa shape index (κ3) is 2.73. The van der Waals surface area contributed by atoms with Crippen LogP contribution in [0.5, 0.6) is 0 Å². The average molecular weight is 260 g/mol. The van der Waals surface area contributed by atoms with Crippen molar-refractivity contribution in [3.05, 3.63) is 29.8 Å². The van der Waals surface area contributed by atoms with E-state index in [1.165, 1.54) is 20.0 Å². The summed E-state index contributed by atoms with van der Waals surface area (Å²) >= 11 is 0. The monoisotopic (exact) mass is 260 g/mol. The molecule has 0 bridgehead atoms. The minimum atomic E-state index is -0.265. The van der Waals surface area contributed by atoms with E-state index in [1.807, 2.05) is 12.1 Å². The summed E-state index contributed by atoms with van der Waals surface area (Å²) in [6.07, 6.45) is 2.75. The number of hydrogen-bond donors (Lipinski definition) is 0. The Labute approximate surface area is 113 Å². The van der Waals surface area contributed by atoms with Gasteiger partial charge < -0.3 is 9.64 Å². The second-order valence-corrected chi connectivity index (χ2v) is 5.30. The lowest BCUT2D eigenvalue weighted by molar-refractivity contribution is 0.0601. The van der Waals surface area contributed by atoms with Crippen LogP contribution in [0, 0.1) is 0 Å². The molecule has 0 radical (unpaired) electrons. The van der Waals surface area contributed by atoms with Crippen LogP contribution < -0.4 is 4.90 Å². The lowest BCUT2D eigenvalue weighted by Gasteiger charge is -2.36. The molecule has 0 aromatic heterocycles. The van der Waals surface area contributed by atoms with Crippen LogP contribution in [-0.2, 0) is 4.74 Å². The van der Waals surface area contributed by atoms with Crippen LogP contribution in [0.1, 0.15) is 23.2 Å². The van der Waals surface area contributed by atoms with Gasteiger partial charge in [-0.05, 0) is 31.0 Å². The Morgan fingerprint density at radius 2 is 1.95 bits per heavy atom. The molecule has 1 heterocycles. The van der Waals surface area contributed by atoms with Gasteiger partial charge in [-0.2, -0.15) is 0 Å². The first-order valence-corrected chi connectivity index (χ1v) is 6.95. The van der Waals surface area contributed by atoms with E-state index in [1.54, 1.807) is 6.07 Å². The van der Waals surface area contributed by atoms with E-state index in [2.05, 4.69) is 15.9 Å². The first-order valence-electron chi connectivity index (χ1n) is 6.95. The van der Waals surface area contributed by atoms with Gasteiger partial charge in [-0.25, -0.2) is 4.79 Å². The van der Waals surface area contributed by atoms with E-state index < -0.39 is 0 Å². The van der Waals surface area contributed by atoms with Crippen molar-refractivity contribution < 1.29 is 9.53 Å². The number of esters is 1. The summed E-state index contributed by atoms with van der Waals surface area (Å²) < 4.78 is 4.77. The first kappa shape index (κ1) is 12.5. The molecule has 1 aliphatic heterocycles. The molecular weight excluding hydrogens is 240 g/mol. The van der Waals surface area contributed by atoms with Crippen LogP contribution in [-0.4, -0.2) is 50.2 Å². The molecule has 1 aliphatic carbocycles. The zero-order valence-electron chi connectivity index (χ0n) is 11.3. The maximum Gasteiger partial charge on any atom is 0.337 e. The van der Waals surface area contributed by atoms with Crippen molar-refractivity contribution in [2.75, 3.05) is 38.2 Å². The summed E-state index contributed by atoms with van der Waals surface area (Å²) in [5.41, 5.74) is 1.75. The number of nitrogens with zero attached hydrogens (tertiary/aromatic N) is 2. The standard InChI is InChI=1S/C15H20N2O2/c1-19-15(18)12-3-2-4-14(11-12)17-9-7-16(8-10-17)13-5-6-13/h2-4,11,13H,5-10H2,1H3. The molecular formula is C15H20N2O2. The van der Waals surface area contributed by atoms with Crippen LogP contribution in [0.25, 0.3) is 0 Å². The van der Waals surface area contributed by atoms with E-state index in [-0.39, 0.29) is 5.97 Å². The number of rotatable bonds is 3. The van der Waals surface area contributed by atoms with Crippen molar-refractivity contribution in [1.29, 1.82) is 0 Å². The molecule has 0 N–H and O–H groups in total.